The Morgan fingerprint density at radius 2 is 2.00 bits per heavy atom. The van der Waals surface area contributed by atoms with Gasteiger partial charge in [-0.15, -0.1) is 0 Å². The fraction of sp³-hybridized carbons (Fsp3) is 0.333. The third kappa shape index (κ3) is 5.71. The molecule has 0 aromatic heterocycles. The molecular formula is C12H15ClN2OS2. The molecule has 0 radical (unpaired) electrons. The first kappa shape index (κ1) is 15.3. The quantitative estimate of drug-likeness (QED) is 0.866. The average Bonchev–Trinajstić information content (AvgIpc) is 2.35. The second-order valence-electron chi connectivity index (χ2n) is 3.85. The molecule has 1 aromatic carbocycles. The van der Waals surface area contributed by atoms with E-state index >= 15 is 0 Å². The number of nitrogens with zero attached hydrogens (tertiary/aromatic N) is 1. The molecule has 1 aromatic rings. The molecule has 0 heterocycles. The van der Waals surface area contributed by atoms with Crippen LogP contribution < -0.4 is 5.32 Å². The van der Waals surface area contributed by atoms with Crippen molar-refractivity contribution in [3.05, 3.63) is 34.9 Å². The van der Waals surface area contributed by atoms with Gasteiger partial charge in [-0.25, -0.2) is 0 Å². The molecule has 1 amide bonds. The van der Waals surface area contributed by atoms with Gasteiger partial charge in [-0.05, 0) is 17.7 Å². The van der Waals surface area contributed by atoms with Gasteiger partial charge in [0.2, 0.25) is 5.91 Å². The monoisotopic (exact) mass is 302 g/mol. The van der Waals surface area contributed by atoms with Crippen molar-refractivity contribution >= 4 is 45.8 Å². The van der Waals surface area contributed by atoms with Gasteiger partial charge >= 0.3 is 0 Å². The van der Waals surface area contributed by atoms with Crippen LogP contribution in [0.4, 0.5) is 0 Å². The fourth-order valence-corrected chi connectivity index (χ4v) is 2.03. The van der Waals surface area contributed by atoms with E-state index in [0.717, 1.165) is 5.56 Å². The standard InChI is InChI=1S/C12H15ClN2OS2/c1-15(2)12(17)18-8-11(16)14-7-9-3-5-10(13)6-4-9/h3-6H,7-8H2,1-2H3,(H,14,16). The number of thiocarbonyl (C=S) groups is 1. The molecule has 98 valence electrons. The lowest BCUT2D eigenvalue weighted by Gasteiger charge is -2.12. The zero-order valence-corrected chi connectivity index (χ0v) is 12.7. The predicted molar refractivity (Wildman–Crippen MR) is 82.0 cm³/mol. The van der Waals surface area contributed by atoms with E-state index < -0.39 is 0 Å². The molecule has 0 bridgehead atoms. The number of rotatable bonds is 4. The minimum atomic E-state index is -0.0286. The number of halogens is 1. The maximum atomic E-state index is 11.6. The highest BCUT2D eigenvalue weighted by molar-refractivity contribution is 8.23. The molecule has 0 aliphatic heterocycles. The molecule has 1 N–H and O–H groups in total. The Bertz CT molecular complexity index is 421. The fourth-order valence-electron chi connectivity index (χ4n) is 1.11. The van der Waals surface area contributed by atoms with Crippen molar-refractivity contribution in [1.29, 1.82) is 0 Å². The predicted octanol–water partition coefficient (Wildman–Crippen LogP) is 2.54. The first-order valence-electron chi connectivity index (χ1n) is 5.34. The maximum Gasteiger partial charge on any atom is 0.230 e. The summed E-state index contributed by atoms with van der Waals surface area (Å²) in [5, 5.41) is 3.52. The summed E-state index contributed by atoms with van der Waals surface area (Å²) in [7, 11) is 3.72. The highest BCUT2D eigenvalue weighted by Crippen LogP contribution is 2.09. The first-order chi connectivity index (χ1) is 8.49. The second kappa shape index (κ2) is 7.61. The van der Waals surface area contributed by atoms with E-state index in [4.69, 9.17) is 23.8 Å². The number of nitrogens with one attached hydrogen (secondary N) is 1. The molecule has 1 rings (SSSR count). The van der Waals surface area contributed by atoms with Gasteiger partial charge in [-0.3, -0.25) is 4.79 Å². The number of carbonyl (C=O) groups is 1. The van der Waals surface area contributed by atoms with Crippen molar-refractivity contribution in [2.45, 2.75) is 6.54 Å². The summed E-state index contributed by atoms with van der Waals surface area (Å²) >= 11 is 12.2. The Morgan fingerprint density at radius 3 is 2.56 bits per heavy atom. The van der Waals surface area contributed by atoms with Crippen LogP contribution in [0.1, 0.15) is 5.56 Å². The van der Waals surface area contributed by atoms with Crippen molar-refractivity contribution in [3.63, 3.8) is 0 Å². The lowest BCUT2D eigenvalue weighted by molar-refractivity contribution is -0.118. The van der Waals surface area contributed by atoms with Gasteiger partial charge in [0.15, 0.2) is 0 Å². The molecule has 6 heteroatoms. The Hall–Kier alpha value is -0.780. The molecular weight excluding hydrogens is 288 g/mol. The smallest absolute Gasteiger partial charge is 0.230 e. The van der Waals surface area contributed by atoms with Gasteiger partial charge in [0.25, 0.3) is 0 Å². The van der Waals surface area contributed by atoms with Crippen LogP contribution in [0.25, 0.3) is 0 Å². The lowest BCUT2D eigenvalue weighted by atomic mass is 10.2. The van der Waals surface area contributed by atoms with Crippen LogP contribution in [0.2, 0.25) is 5.02 Å². The second-order valence-corrected chi connectivity index (χ2v) is 5.90. The summed E-state index contributed by atoms with van der Waals surface area (Å²) in [4.78, 5) is 13.4. The minimum Gasteiger partial charge on any atom is -0.364 e. The van der Waals surface area contributed by atoms with E-state index in [1.807, 2.05) is 31.1 Å². The third-order valence-corrected chi connectivity index (χ3v) is 4.08. The Morgan fingerprint density at radius 1 is 1.39 bits per heavy atom. The van der Waals surface area contributed by atoms with Crippen molar-refractivity contribution in [1.82, 2.24) is 10.2 Å². The summed E-state index contributed by atoms with van der Waals surface area (Å²) in [5.41, 5.74) is 1.02. The summed E-state index contributed by atoms with van der Waals surface area (Å²) in [6.45, 7) is 0.505. The Kier molecular flexibility index (Phi) is 6.46. The first-order valence-corrected chi connectivity index (χ1v) is 7.11. The highest BCUT2D eigenvalue weighted by Gasteiger charge is 2.05. The highest BCUT2D eigenvalue weighted by atomic mass is 35.5. The van der Waals surface area contributed by atoms with E-state index in [1.165, 1.54) is 11.8 Å². The van der Waals surface area contributed by atoms with Gasteiger partial charge in [0.1, 0.15) is 4.32 Å². The largest absolute Gasteiger partial charge is 0.364 e. The van der Waals surface area contributed by atoms with Crippen LogP contribution in [0.5, 0.6) is 0 Å². The Balaban J connectivity index is 2.29. The molecule has 0 spiro atoms. The molecule has 0 saturated heterocycles. The minimum absolute atomic E-state index is 0.0286. The zero-order chi connectivity index (χ0) is 13.5. The molecule has 18 heavy (non-hydrogen) atoms. The average molecular weight is 303 g/mol. The number of hydrogen-bond acceptors (Lipinski definition) is 3. The topological polar surface area (TPSA) is 32.3 Å². The van der Waals surface area contributed by atoms with Crippen LogP contribution in [0, 0.1) is 0 Å². The number of thioether (sulfide) groups is 1. The number of carbonyl (C=O) groups excluding carboxylic acids is 1. The van der Waals surface area contributed by atoms with Gasteiger partial charge < -0.3 is 10.2 Å². The van der Waals surface area contributed by atoms with Crippen LogP contribution >= 0.6 is 35.6 Å². The molecule has 0 aliphatic rings. The van der Waals surface area contributed by atoms with Crippen LogP contribution in [-0.2, 0) is 11.3 Å². The molecule has 0 aliphatic carbocycles. The Labute approximate surface area is 122 Å². The molecule has 0 unspecified atom stereocenters. The summed E-state index contributed by atoms with van der Waals surface area (Å²) < 4.78 is 0.705. The van der Waals surface area contributed by atoms with E-state index in [0.29, 0.717) is 21.6 Å². The third-order valence-electron chi connectivity index (χ3n) is 2.09. The van der Waals surface area contributed by atoms with E-state index in [1.54, 1.807) is 12.1 Å². The maximum absolute atomic E-state index is 11.6. The summed E-state index contributed by atoms with van der Waals surface area (Å²) in [5.74, 6) is 0.309. The summed E-state index contributed by atoms with van der Waals surface area (Å²) in [6, 6.07) is 7.39. The number of hydrogen-bond donors (Lipinski definition) is 1. The van der Waals surface area contributed by atoms with E-state index in [9.17, 15) is 4.79 Å². The van der Waals surface area contributed by atoms with Gasteiger partial charge in [0, 0.05) is 25.7 Å². The van der Waals surface area contributed by atoms with Crippen molar-refractivity contribution in [2.75, 3.05) is 19.8 Å². The van der Waals surface area contributed by atoms with Gasteiger partial charge in [-0.2, -0.15) is 0 Å². The number of benzene rings is 1. The molecule has 0 saturated carbocycles. The van der Waals surface area contributed by atoms with Gasteiger partial charge in [0.05, 0.1) is 5.75 Å². The normalized spacial score (nSPS) is 9.94. The van der Waals surface area contributed by atoms with Crippen LogP contribution in [-0.4, -0.2) is 35.0 Å². The van der Waals surface area contributed by atoms with Crippen molar-refractivity contribution < 1.29 is 4.79 Å². The van der Waals surface area contributed by atoms with Crippen molar-refractivity contribution in [3.8, 4) is 0 Å². The van der Waals surface area contributed by atoms with E-state index in [2.05, 4.69) is 5.32 Å². The molecule has 0 atom stereocenters. The lowest BCUT2D eigenvalue weighted by Crippen LogP contribution is -2.26. The molecule has 0 fully saturated rings. The van der Waals surface area contributed by atoms with Gasteiger partial charge in [-0.1, -0.05) is 47.7 Å². The van der Waals surface area contributed by atoms with Crippen LogP contribution in [0.3, 0.4) is 0 Å². The van der Waals surface area contributed by atoms with Crippen molar-refractivity contribution in [2.24, 2.45) is 0 Å². The SMILES string of the molecule is CN(C)C(=S)SCC(=O)NCc1ccc(Cl)cc1. The van der Waals surface area contributed by atoms with Crippen LogP contribution in [0.15, 0.2) is 24.3 Å². The summed E-state index contributed by atoms with van der Waals surface area (Å²) in [6.07, 6.45) is 0. The zero-order valence-electron chi connectivity index (χ0n) is 10.3. The number of amides is 1. The van der Waals surface area contributed by atoms with E-state index in [-0.39, 0.29) is 5.91 Å². The molecule has 3 nitrogen and oxygen atoms in total.